The third-order valence-electron chi connectivity index (χ3n) is 6.03. The van der Waals surface area contributed by atoms with Crippen LogP contribution in [0.5, 0.6) is 0 Å². The zero-order chi connectivity index (χ0) is 21.4. The molecule has 1 amide bonds. The number of imidazole rings is 1. The summed E-state index contributed by atoms with van der Waals surface area (Å²) in [6.07, 6.45) is 4.58. The number of nitrogens with zero attached hydrogens (tertiary/aromatic N) is 5. The van der Waals surface area contributed by atoms with Gasteiger partial charge >= 0.3 is 0 Å². The zero-order valence-corrected chi connectivity index (χ0v) is 17.8. The lowest BCUT2D eigenvalue weighted by molar-refractivity contribution is 0.0660. The molecule has 0 aliphatic carbocycles. The summed E-state index contributed by atoms with van der Waals surface area (Å²) in [4.78, 5) is 24.4. The number of piperidine rings is 1. The number of carbonyl (C=O) groups is 1. The third-order valence-corrected chi connectivity index (χ3v) is 6.03. The summed E-state index contributed by atoms with van der Waals surface area (Å²) in [5.74, 6) is 1.58. The Kier molecular flexibility index (Phi) is 5.02. The Morgan fingerprint density at radius 1 is 1.13 bits per heavy atom. The number of aryl methyl sites for hydroxylation is 2. The van der Waals surface area contributed by atoms with Gasteiger partial charge in [-0.3, -0.25) is 9.20 Å². The van der Waals surface area contributed by atoms with Gasteiger partial charge in [0.2, 0.25) is 11.7 Å². The molecule has 7 heteroatoms. The summed E-state index contributed by atoms with van der Waals surface area (Å²) < 4.78 is 7.43. The van der Waals surface area contributed by atoms with Crippen molar-refractivity contribution in [3.8, 4) is 11.4 Å². The van der Waals surface area contributed by atoms with Crippen molar-refractivity contribution in [1.82, 2.24) is 24.4 Å². The average molecular weight is 415 g/mol. The molecule has 1 aromatic carbocycles. The molecule has 3 aromatic heterocycles. The first-order chi connectivity index (χ1) is 15.1. The Labute approximate surface area is 180 Å². The molecule has 0 bridgehead atoms. The van der Waals surface area contributed by atoms with Crippen LogP contribution >= 0.6 is 0 Å². The van der Waals surface area contributed by atoms with Crippen LogP contribution < -0.4 is 0 Å². The quantitative estimate of drug-likeness (QED) is 0.502. The Balaban J connectivity index is 1.31. The first kappa shape index (κ1) is 19.5. The predicted octanol–water partition coefficient (Wildman–Crippen LogP) is 4.10. The van der Waals surface area contributed by atoms with Crippen molar-refractivity contribution in [2.45, 2.75) is 33.1 Å². The summed E-state index contributed by atoms with van der Waals surface area (Å²) in [5.41, 5.74) is 4.31. The molecule has 7 nitrogen and oxygen atoms in total. The number of fused-ring (bicyclic) bond motifs is 1. The van der Waals surface area contributed by atoms with Gasteiger partial charge in [0.1, 0.15) is 11.3 Å². The van der Waals surface area contributed by atoms with E-state index in [0.717, 1.165) is 41.9 Å². The lowest BCUT2D eigenvalue weighted by Gasteiger charge is -2.32. The van der Waals surface area contributed by atoms with E-state index in [-0.39, 0.29) is 5.91 Å². The fourth-order valence-corrected chi connectivity index (χ4v) is 4.45. The summed E-state index contributed by atoms with van der Waals surface area (Å²) in [7, 11) is 0. The predicted molar refractivity (Wildman–Crippen MR) is 117 cm³/mol. The number of amides is 1. The van der Waals surface area contributed by atoms with Crippen LogP contribution in [0.3, 0.4) is 0 Å². The molecule has 4 heterocycles. The summed E-state index contributed by atoms with van der Waals surface area (Å²) in [6, 6.07) is 13.8. The molecule has 0 N–H and O–H groups in total. The minimum Gasteiger partial charge on any atom is -0.339 e. The molecule has 1 saturated heterocycles. The maximum atomic E-state index is 13.3. The molecule has 1 atom stereocenters. The Morgan fingerprint density at radius 2 is 1.97 bits per heavy atom. The monoisotopic (exact) mass is 415 g/mol. The first-order valence-corrected chi connectivity index (χ1v) is 10.7. The van der Waals surface area contributed by atoms with Crippen LogP contribution in [-0.4, -0.2) is 43.4 Å². The molecule has 1 aliphatic rings. The molecular formula is C24H25N5O2. The van der Waals surface area contributed by atoms with E-state index in [1.54, 1.807) is 0 Å². The summed E-state index contributed by atoms with van der Waals surface area (Å²) in [5, 5.41) is 4.18. The van der Waals surface area contributed by atoms with Crippen LogP contribution in [0.2, 0.25) is 0 Å². The fourth-order valence-electron chi connectivity index (χ4n) is 4.45. The molecule has 1 aliphatic heterocycles. The van der Waals surface area contributed by atoms with Gasteiger partial charge in [-0.15, -0.1) is 0 Å². The molecule has 5 rings (SSSR count). The van der Waals surface area contributed by atoms with E-state index in [1.165, 1.54) is 0 Å². The largest absolute Gasteiger partial charge is 0.339 e. The lowest BCUT2D eigenvalue weighted by atomic mass is 9.94. The van der Waals surface area contributed by atoms with Gasteiger partial charge in [-0.1, -0.05) is 35.5 Å². The van der Waals surface area contributed by atoms with Crippen LogP contribution in [0.25, 0.3) is 17.0 Å². The molecule has 1 fully saturated rings. The van der Waals surface area contributed by atoms with E-state index in [4.69, 9.17) is 4.52 Å². The highest BCUT2D eigenvalue weighted by molar-refractivity contribution is 5.94. The third kappa shape index (κ3) is 3.71. The van der Waals surface area contributed by atoms with Gasteiger partial charge in [-0.25, -0.2) is 4.98 Å². The van der Waals surface area contributed by atoms with Crippen molar-refractivity contribution < 1.29 is 9.32 Å². The highest BCUT2D eigenvalue weighted by Gasteiger charge is 2.29. The van der Waals surface area contributed by atoms with Crippen molar-refractivity contribution in [2.24, 2.45) is 5.92 Å². The second-order valence-corrected chi connectivity index (χ2v) is 8.26. The summed E-state index contributed by atoms with van der Waals surface area (Å²) >= 11 is 0. The van der Waals surface area contributed by atoms with Crippen molar-refractivity contribution in [1.29, 1.82) is 0 Å². The normalized spacial score (nSPS) is 16.7. The van der Waals surface area contributed by atoms with E-state index < -0.39 is 0 Å². The van der Waals surface area contributed by atoms with E-state index in [9.17, 15) is 4.79 Å². The van der Waals surface area contributed by atoms with Crippen LogP contribution in [0, 0.1) is 19.8 Å². The molecule has 158 valence electrons. The summed E-state index contributed by atoms with van der Waals surface area (Å²) in [6.45, 7) is 5.37. The Hall–Kier alpha value is -3.48. The van der Waals surface area contributed by atoms with Crippen molar-refractivity contribution in [3.63, 3.8) is 0 Å². The Bertz CT molecular complexity index is 1240. The number of hydrogen-bond donors (Lipinski definition) is 0. The van der Waals surface area contributed by atoms with E-state index >= 15 is 0 Å². The van der Waals surface area contributed by atoms with Gasteiger partial charge in [0.15, 0.2) is 0 Å². The highest BCUT2D eigenvalue weighted by atomic mass is 16.5. The number of pyridine rings is 1. The van der Waals surface area contributed by atoms with Gasteiger partial charge in [0.05, 0.1) is 5.69 Å². The van der Waals surface area contributed by atoms with E-state index in [2.05, 4.69) is 15.1 Å². The van der Waals surface area contributed by atoms with Crippen LogP contribution in [0.1, 0.15) is 40.5 Å². The SMILES string of the molecule is Cc1ccccc1-c1noc(CC2CCCN(C(=O)c3c(C)nc4ccccn34)C2)n1. The minimum absolute atomic E-state index is 0.0343. The molecule has 0 radical (unpaired) electrons. The standard InChI is InChI=1S/C24H25N5O2/c1-16-8-3-4-10-19(16)23-26-21(31-27-23)14-18-9-7-12-28(15-18)24(30)22-17(2)25-20-11-5-6-13-29(20)22/h3-6,8,10-11,13,18H,7,9,12,14-15H2,1-2H3. The lowest BCUT2D eigenvalue weighted by Crippen LogP contribution is -2.41. The number of likely N-dealkylation sites (tertiary alicyclic amines) is 1. The molecule has 4 aromatic rings. The maximum Gasteiger partial charge on any atom is 0.272 e. The van der Waals surface area contributed by atoms with E-state index in [1.807, 2.05) is 71.8 Å². The number of hydrogen-bond acceptors (Lipinski definition) is 5. The number of rotatable bonds is 4. The number of carbonyl (C=O) groups excluding carboxylic acids is 1. The highest BCUT2D eigenvalue weighted by Crippen LogP contribution is 2.25. The number of benzene rings is 1. The van der Waals surface area contributed by atoms with Gasteiger partial charge in [-0.05, 0) is 50.3 Å². The smallest absolute Gasteiger partial charge is 0.272 e. The van der Waals surface area contributed by atoms with Crippen LogP contribution in [0.15, 0.2) is 53.2 Å². The van der Waals surface area contributed by atoms with Crippen LogP contribution in [0.4, 0.5) is 0 Å². The van der Waals surface area contributed by atoms with Gasteiger partial charge in [0.25, 0.3) is 5.91 Å². The van der Waals surface area contributed by atoms with Crippen molar-refractivity contribution in [2.75, 3.05) is 13.1 Å². The van der Waals surface area contributed by atoms with Crippen LogP contribution in [-0.2, 0) is 6.42 Å². The molecule has 0 saturated carbocycles. The van der Waals surface area contributed by atoms with Gasteiger partial charge in [-0.2, -0.15) is 4.98 Å². The maximum absolute atomic E-state index is 13.3. The van der Waals surface area contributed by atoms with Gasteiger partial charge < -0.3 is 9.42 Å². The topological polar surface area (TPSA) is 76.5 Å². The molecule has 0 spiro atoms. The second kappa shape index (κ2) is 7.98. The Morgan fingerprint density at radius 3 is 2.84 bits per heavy atom. The molecular weight excluding hydrogens is 390 g/mol. The fraction of sp³-hybridized carbons (Fsp3) is 0.333. The average Bonchev–Trinajstić information content (AvgIpc) is 3.37. The molecule has 31 heavy (non-hydrogen) atoms. The van der Waals surface area contributed by atoms with Crippen molar-refractivity contribution >= 4 is 11.6 Å². The first-order valence-electron chi connectivity index (χ1n) is 10.7. The van der Waals surface area contributed by atoms with Gasteiger partial charge in [0, 0.05) is 31.3 Å². The van der Waals surface area contributed by atoms with E-state index in [0.29, 0.717) is 36.3 Å². The van der Waals surface area contributed by atoms with Crippen molar-refractivity contribution in [3.05, 3.63) is 71.5 Å². The number of aromatic nitrogens is 4. The minimum atomic E-state index is 0.0343. The zero-order valence-electron chi connectivity index (χ0n) is 17.8. The molecule has 1 unspecified atom stereocenters. The second-order valence-electron chi connectivity index (χ2n) is 8.26.